The van der Waals surface area contributed by atoms with Crippen molar-refractivity contribution in [1.82, 2.24) is 0 Å². The molecule has 0 aliphatic heterocycles. The van der Waals surface area contributed by atoms with Gasteiger partial charge in [0, 0.05) is 11.4 Å². The van der Waals surface area contributed by atoms with Crippen LogP contribution in [0.3, 0.4) is 0 Å². The average molecular weight is 149 g/mol. The summed E-state index contributed by atoms with van der Waals surface area (Å²) in [6.07, 6.45) is 0. The summed E-state index contributed by atoms with van der Waals surface area (Å²) >= 11 is 7.06. The van der Waals surface area contributed by atoms with E-state index in [4.69, 9.17) is 16.3 Å². The maximum absolute atomic E-state index is 5.57. The fourth-order valence-electron chi connectivity index (χ4n) is 0.402. The molecule has 1 aromatic heterocycles. The van der Waals surface area contributed by atoms with Gasteiger partial charge in [0.1, 0.15) is 0 Å². The molecule has 0 saturated heterocycles. The predicted molar refractivity (Wildman–Crippen MR) is 35.9 cm³/mol. The Balaban J connectivity index is 2.84. The normalized spacial score (nSPS) is 9.25. The fraction of sp³-hybridized carbons (Fsp3) is 0.200. The minimum Gasteiger partial charge on any atom is -0.487 e. The molecule has 0 unspecified atom stereocenters. The molecule has 1 aromatic rings. The summed E-state index contributed by atoms with van der Waals surface area (Å²) in [7, 11) is 1.63. The summed E-state index contributed by atoms with van der Waals surface area (Å²) in [4.78, 5) is 0. The van der Waals surface area contributed by atoms with Crippen LogP contribution >= 0.6 is 22.9 Å². The number of hydrogen-bond donors (Lipinski definition) is 0. The molecule has 1 nitrogen and oxygen atoms in total. The van der Waals surface area contributed by atoms with Gasteiger partial charge in [0.2, 0.25) is 0 Å². The quantitative estimate of drug-likeness (QED) is 0.595. The second kappa shape index (κ2) is 2.37. The van der Waals surface area contributed by atoms with Crippen molar-refractivity contribution in [3.8, 4) is 5.06 Å². The lowest BCUT2D eigenvalue weighted by atomic mass is 10.6. The Labute approximate surface area is 56.9 Å². The third-order valence-electron chi connectivity index (χ3n) is 0.745. The summed E-state index contributed by atoms with van der Waals surface area (Å²) in [6, 6.07) is 1.78. The van der Waals surface area contributed by atoms with E-state index in [-0.39, 0.29) is 0 Å². The third-order valence-corrected chi connectivity index (χ3v) is 1.98. The number of methoxy groups -OCH3 is 1. The van der Waals surface area contributed by atoms with Crippen molar-refractivity contribution in [3.63, 3.8) is 0 Å². The summed E-state index contributed by atoms with van der Waals surface area (Å²) in [6.45, 7) is 0. The van der Waals surface area contributed by atoms with Crippen LogP contribution in [0.15, 0.2) is 11.4 Å². The molecule has 0 aliphatic carbocycles. The first-order valence-electron chi connectivity index (χ1n) is 2.11. The van der Waals surface area contributed by atoms with E-state index in [0.717, 1.165) is 10.1 Å². The first-order valence-corrected chi connectivity index (χ1v) is 3.36. The van der Waals surface area contributed by atoms with E-state index in [0.29, 0.717) is 0 Å². The Morgan fingerprint density at radius 1 is 1.75 bits per heavy atom. The van der Waals surface area contributed by atoms with Gasteiger partial charge in [-0.15, -0.1) is 11.3 Å². The van der Waals surface area contributed by atoms with Gasteiger partial charge >= 0.3 is 0 Å². The summed E-state index contributed by atoms with van der Waals surface area (Å²) < 4.78 is 4.87. The monoisotopic (exact) mass is 148 g/mol. The van der Waals surface area contributed by atoms with Gasteiger partial charge in [0.05, 0.1) is 12.1 Å². The van der Waals surface area contributed by atoms with Crippen molar-refractivity contribution in [2.75, 3.05) is 7.11 Å². The van der Waals surface area contributed by atoms with Gasteiger partial charge in [-0.1, -0.05) is 11.6 Å². The van der Waals surface area contributed by atoms with Gasteiger partial charge in [-0.05, 0) is 0 Å². The van der Waals surface area contributed by atoms with Crippen molar-refractivity contribution < 1.29 is 4.74 Å². The van der Waals surface area contributed by atoms with Crippen molar-refractivity contribution in [2.24, 2.45) is 0 Å². The van der Waals surface area contributed by atoms with Crippen LogP contribution in [-0.2, 0) is 0 Å². The molecule has 1 rings (SSSR count). The van der Waals surface area contributed by atoms with Crippen molar-refractivity contribution in [3.05, 3.63) is 16.5 Å². The molecule has 0 aromatic carbocycles. The molecule has 3 heteroatoms. The lowest BCUT2D eigenvalue weighted by Gasteiger charge is -1.86. The van der Waals surface area contributed by atoms with E-state index < -0.39 is 0 Å². The topological polar surface area (TPSA) is 9.23 Å². The van der Waals surface area contributed by atoms with Crippen molar-refractivity contribution in [2.45, 2.75) is 0 Å². The zero-order valence-electron chi connectivity index (χ0n) is 4.35. The van der Waals surface area contributed by atoms with E-state index in [2.05, 4.69) is 0 Å². The van der Waals surface area contributed by atoms with E-state index >= 15 is 0 Å². The SMILES string of the molecule is COc1cc(Cl)cs1. The Morgan fingerprint density at radius 2 is 2.50 bits per heavy atom. The molecule has 0 N–H and O–H groups in total. The second-order valence-electron chi connectivity index (χ2n) is 1.29. The van der Waals surface area contributed by atoms with Crippen LogP contribution in [0.1, 0.15) is 0 Å². The van der Waals surface area contributed by atoms with Crippen LogP contribution < -0.4 is 4.74 Å². The predicted octanol–water partition coefficient (Wildman–Crippen LogP) is 2.41. The molecule has 0 saturated carbocycles. The second-order valence-corrected chi connectivity index (χ2v) is 2.60. The number of rotatable bonds is 1. The number of halogens is 1. The van der Waals surface area contributed by atoms with Crippen LogP contribution in [0.2, 0.25) is 5.02 Å². The summed E-state index contributed by atoms with van der Waals surface area (Å²) in [5, 5.41) is 3.43. The molecule has 0 spiro atoms. The van der Waals surface area contributed by atoms with E-state index in [1.165, 1.54) is 11.3 Å². The zero-order valence-corrected chi connectivity index (χ0v) is 5.92. The molecule has 8 heavy (non-hydrogen) atoms. The first kappa shape index (κ1) is 5.92. The molecule has 0 atom stereocenters. The molecule has 0 bridgehead atoms. The Morgan fingerprint density at radius 3 is 2.75 bits per heavy atom. The van der Waals surface area contributed by atoms with Gasteiger partial charge in [-0.3, -0.25) is 0 Å². The van der Waals surface area contributed by atoms with E-state index in [1.54, 1.807) is 13.2 Å². The average Bonchev–Trinajstić information content (AvgIpc) is 2.14. The minimum absolute atomic E-state index is 0.742. The minimum atomic E-state index is 0.742. The van der Waals surface area contributed by atoms with Gasteiger partial charge in [-0.25, -0.2) is 0 Å². The maximum Gasteiger partial charge on any atom is 0.174 e. The fourth-order valence-corrected chi connectivity index (χ4v) is 1.29. The highest BCUT2D eigenvalue weighted by atomic mass is 35.5. The summed E-state index contributed by atoms with van der Waals surface area (Å²) in [5.74, 6) is 0. The maximum atomic E-state index is 5.57. The highest BCUT2D eigenvalue weighted by Crippen LogP contribution is 2.25. The van der Waals surface area contributed by atoms with Gasteiger partial charge in [0.15, 0.2) is 5.06 Å². The number of ether oxygens (including phenoxy) is 1. The molecular weight excluding hydrogens is 144 g/mol. The van der Waals surface area contributed by atoms with Crippen molar-refractivity contribution in [1.29, 1.82) is 0 Å². The molecule has 44 valence electrons. The molecular formula is C5H5ClOS. The van der Waals surface area contributed by atoms with Crippen LogP contribution in [0.5, 0.6) is 5.06 Å². The van der Waals surface area contributed by atoms with Crippen LogP contribution in [0, 0.1) is 0 Å². The van der Waals surface area contributed by atoms with E-state index in [1.807, 2.05) is 5.38 Å². The van der Waals surface area contributed by atoms with Crippen LogP contribution in [0.25, 0.3) is 0 Å². The molecule has 0 radical (unpaired) electrons. The highest BCUT2D eigenvalue weighted by Gasteiger charge is 1.92. The Kier molecular flexibility index (Phi) is 1.76. The largest absolute Gasteiger partial charge is 0.487 e. The Hall–Kier alpha value is -0.210. The zero-order chi connectivity index (χ0) is 5.98. The highest BCUT2D eigenvalue weighted by molar-refractivity contribution is 7.12. The smallest absolute Gasteiger partial charge is 0.174 e. The lowest BCUT2D eigenvalue weighted by molar-refractivity contribution is 0.427. The Bertz CT molecular complexity index is 173. The van der Waals surface area contributed by atoms with Crippen LogP contribution in [0.4, 0.5) is 0 Å². The van der Waals surface area contributed by atoms with Crippen LogP contribution in [-0.4, -0.2) is 7.11 Å². The standard InChI is InChI=1S/C5H5ClOS/c1-7-5-2-4(6)3-8-5/h2-3H,1H3. The van der Waals surface area contributed by atoms with Gasteiger partial charge in [0.25, 0.3) is 0 Å². The first-order chi connectivity index (χ1) is 3.83. The number of hydrogen-bond acceptors (Lipinski definition) is 2. The molecule has 1 heterocycles. The van der Waals surface area contributed by atoms with Gasteiger partial charge < -0.3 is 4.74 Å². The molecule has 0 fully saturated rings. The lowest BCUT2D eigenvalue weighted by Crippen LogP contribution is -1.73. The third kappa shape index (κ3) is 1.14. The summed E-state index contributed by atoms with van der Waals surface area (Å²) in [5.41, 5.74) is 0. The van der Waals surface area contributed by atoms with Crippen molar-refractivity contribution >= 4 is 22.9 Å². The molecule has 0 amide bonds. The molecule has 0 aliphatic rings. The van der Waals surface area contributed by atoms with Gasteiger partial charge in [-0.2, -0.15) is 0 Å². The van der Waals surface area contributed by atoms with E-state index in [9.17, 15) is 0 Å². The number of thiophene rings is 1.